The Hall–Kier alpha value is 0.0700. The summed E-state index contributed by atoms with van der Waals surface area (Å²) < 4.78 is 21.9. The van der Waals surface area contributed by atoms with Gasteiger partial charge in [-0.3, -0.25) is 9.46 Å². The molecule has 13 heavy (non-hydrogen) atoms. The standard InChI is InChI=1S/C7H16NO4P/c1-2-11-13(10)7-8(3-5-9)4-6-12-13/h9H,2-7H2,1H3. The fourth-order valence-corrected chi connectivity index (χ4v) is 3.03. The highest BCUT2D eigenvalue weighted by Crippen LogP contribution is 2.50. The maximum atomic E-state index is 11.8. The Kier molecular flexibility index (Phi) is 4.35. The molecule has 0 aromatic rings. The van der Waals surface area contributed by atoms with Crippen molar-refractivity contribution in [2.24, 2.45) is 0 Å². The highest BCUT2D eigenvalue weighted by Gasteiger charge is 2.31. The van der Waals surface area contributed by atoms with Gasteiger partial charge in [-0.1, -0.05) is 0 Å². The first-order valence-electron chi connectivity index (χ1n) is 4.41. The first-order chi connectivity index (χ1) is 6.20. The molecule has 0 amide bonds. The van der Waals surface area contributed by atoms with Gasteiger partial charge in [0.05, 0.1) is 19.8 Å². The van der Waals surface area contributed by atoms with Crippen molar-refractivity contribution in [2.45, 2.75) is 6.92 Å². The normalized spacial score (nSPS) is 30.6. The summed E-state index contributed by atoms with van der Waals surface area (Å²) in [6, 6.07) is 0. The number of hydrogen-bond donors (Lipinski definition) is 1. The Morgan fingerprint density at radius 3 is 3.08 bits per heavy atom. The van der Waals surface area contributed by atoms with Crippen LogP contribution in [0.1, 0.15) is 6.92 Å². The highest BCUT2D eigenvalue weighted by molar-refractivity contribution is 7.53. The van der Waals surface area contributed by atoms with Gasteiger partial charge in [0.1, 0.15) is 6.29 Å². The zero-order valence-electron chi connectivity index (χ0n) is 7.81. The molecule has 0 aromatic heterocycles. The van der Waals surface area contributed by atoms with E-state index in [1.54, 1.807) is 6.92 Å². The zero-order chi connectivity index (χ0) is 9.73. The molecule has 0 radical (unpaired) electrons. The monoisotopic (exact) mass is 209 g/mol. The van der Waals surface area contributed by atoms with Crippen LogP contribution in [0.5, 0.6) is 0 Å². The van der Waals surface area contributed by atoms with Gasteiger partial charge in [0.25, 0.3) is 0 Å². The molecule has 1 rings (SSSR count). The van der Waals surface area contributed by atoms with Crippen molar-refractivity contribution in [1.29, 1.82) is 0 Å². The second-order valence-electron chi connectivity index (χ2n) is 2.84. The number of rotatable bonds is 4. The minimum Gasteiger partial charge on any atom is -0.395 e. The molecule has 1 aliphatic rings. The molecule has 1 N–H and O–H groups in total. The molecular weight excluding hydrogens is 193 g/mol. The van der Waals surface area contributed by atoms with Gasteiger partial charge in [0.2, 0.25) is 0 Å². The predicted molar refractivity (Wildman–Crippen MR) is 48.7 cm³/mol. The first kappa shape index (κ1) is 11.1. The second-order valence-corrected chi connectivity index (χ2v) is 4.87. The third-order valence-electron chi connectivity index (χ3n) is 1.81. The largest absolute Gasteiger partial charge is 0.395 e. The predicted octanol–water partition coefficient (Wildman–Crippen LogP) is 0.498. The molecule has 5 nitrogen and oxygen atoms in total. The molecule has 1 aliphatic heterocycles. The summed E-state index contributed by atoms with van der Waals surface area (Å²) in [7, 11) is -2.88. The van der Waals surface area contributed by atoms with Crippen LogP contribution in [0.2, 0.25) is 0 Å². The number of β-amino-alcohol motifs (C(OH)–C–C–N with tert-alkyl or cyclic N) is 1. The van der Waals surface area contributed by atoms with Crippen LogP contribution in [-0.4, -0.2) is 49.2 Å². The smallest absolute Gasteiger partial charge is 0.344 e. The summed E-state index contributed by atoms with van der Waals surface area (Å²) in [5, 5.41) is 8.71. The van der Waals surface area contributed by atoms with E-state index in [9.17, 15) is 4.57 Å². The molecule has 1 heterocycles. The molecule has 1 fully saturated rings. The van der Waals surface area contributed by atoms with Crippen LogP contribution in [0, 0.1) is 0 Å². The average Bonchev–Trinajstić information content (AvgIpc) is 2.04. The van der Waals surface area contributed by atoms with Crippen molar-refractivity contribution >= 4 is 7.60 Å². The Bertz CT molecular complexity index is 191. The van der Waals surface area contributed by atoms with Gasteiger partial charge in [-0.05, 0) is 6.92 Å². The van der Waals surface area contributed by atoms with Crippen LogP contribution in [0.25, 0.3) is 0 Å². The van der Waals surface area contributed by atoms with Crippen molar-refractivity contribution in [1.82, 2.24) is 4.90 Å². The van der Waals surface area contributed by atoms with Crippen molar-refractivity contribution in [3.8, 4) is 0 Å². The Morgan fingerprint density at radius 2 is 2.46 bits per heavy atom. The SMILES string of the molecule is CCOP1(=O)CN(CCO)CCO1. The Morgan fingerprint density at radius 1 is 1.69 bits per heavy atom. The van der Waals surface area contributed by atoms with E-state index in [1.807, 2.05) is 4.90 Å². The van der Waals surface area contributed by atoms with Crippen LogP contribution in [0.3, 0.4) is 0 Å². The van der Waals surface area contributed by atoms with Gasteiger partial charge in [0.15, 0.2) is 0 Å². The summed E-state index contributed by atoms with van der Waals surface area (Å²) in [6.45, 7) is 3.90. The average molecular weight is 209 g/mol. The molecule has 1 atom stereocenters. The summed E-state index contributed by atoms with van der Waals surface area (Å²) >= 11 is 0. The maximum Gasteiger partial charge on any atom is 0.344 e. The van der Waals surface area contributed by atoms with Gasteiger partial charge in [0, 0.05) is 13.1 Å². The molecular formula is C7H16NO4P. The van der Waals surface area contributed by atoms with E-state index in [4.69, 9.17) is 14.2 Å². The quantitative estimate of drug-likeness (QED) is 0.683. The fraction of sp³-hybridized carbons (Fsp3) is 1.00. The second kappa shape index (κ2) is 5.08. The highest BCUT2D eigenvalue weighted by atomic mass is 31.2. The van der Waals surface area contributed by atoms with E-state index < -0.39 is 7.60 Å². The van der Waals surface area contributed by atoms with E-state index in [2.05, 4.69) is 0 Å². The van der Waals surface area contributed by atoms with Crippen LogP contribution in [0.4, 0.5) is 0 Å². The molecule has 0 aliphatic carbocycles. The maximum absolute atomic E-state index is 11.8. The number of aliphatic hydroxyl groups excluding tert-OH is 1. The lowest BCUT2D eigenvalue weighted by Crippen LogP contribution is -2.35. The van der Waals surface area contributed by atoms with Gasteiger partial charge < -0.3 is 14.2 Å². The Balaban J connectivity index is 2.45. The summed E-state index contributed by atoms with van der Waals surface area (Å²) in [5.74, 6) is 0. The number of aliphatic hydroxyl groups is 1. The third kappa shape index (κ3) is 3.37. The van der Waals surface area contributed by atoms with Crippen LogP contribution in [-0.2, 0) is 13.6 Å². The van der Waals surface area contributed by atoms with E-state index in [1.165, 1.54) is 0 Å². The summed E-state index contributed by atoms with van der Waals surface area (Å²) in [6.07, 6.45) is 0.293. The van der Waals surface area contributed by atoms with Crippen LogP contribution < -0.4 is 0 Å². The van der Waals surface area contributed by atoms with Gasteiger partial charge >= 0.3 is 7.60 Å². The minimum absolute atomic E-state index is 0.0755. The number of nitrogens with zero attached hydrogens (tertiary/aromatic N) is 1. The fourth-order valence-electron chi connectivity index (χ4n) is 1.26. The van der Waals surface area contributed by atoms with Crippen molar-refractivity contribution in [3.63, 3.8) is 0 Å². The van der Waals surface area contributed by atoms with Gasteiger partial charge in [-0.2, -0.15) is 0 Å². The molecule has 78 valence electrons. The molecule has 0 saturated carbocycles. The van der Waals surface area contributed by atoms with Crippen LogP contribution in [0.15, 0.2) is 0 Å². The summed E-state index contributed by atoms with van der Waals surface area (Å²) in [5.41, 5.74) is 0. The molecule has 6 heteroatoms. The molecule has 0 bridgehead atoms. The van der Waals surface area contributed by atoms with Crippen molar-refractivity contribution < 1.29 is 18.7 Å². The van der Waals surface area contributed by atoms with E-state index in [0.29, 0.717) is 32.6 Å². The Labute approximate surface area is 78.2 Å². The molecule has 0 aromatic carbocycles. The lowest BCUT2D eigenvalue weighted by atomic mass is 10.5. The van der Waals surface area contributed by atoms with E-state index >= 15 is 0 Å². The summed E-state index contributed by atoms with van der Waals surface area (Å²) in [4.78, 5) is 1.89. The van der Waals surface area contributed by atoms with Crippen LogP contribution >= 0.6 is 7.60 Å². The van der Waals surface area contributed by atoms with Gasteiger partial charge in [-0.25, -0.2) is 0 Å². The zero-order valence-corrected chi connectivity index (χ0v) is 8.70. The lowest BCUT2D eigenvalue weighted by molar-refractivity contribution is 0.120. The topological polar surface area (TPSA) is 59.0 Å². The first-order valence-corrected chi connectivity index (χ1v) is 6.14. The van der Waals surface area contributed by atoms with E-state index in [-0.39, 0.29) is 6.61 Å². The molecule has 1 unspecified atom stereocenters. The minimum atomic E-state index is -2.88. The lowest BCUT2D eigenvalue weighted by Gasteiger charge is -2.31. The number of hydrogen-bond acceptors (Lipinski definition) is 5. The van der Waals surface area contributed by atoms with E-state index in [0.717, 1.165) is 0 Å². The molecule has 0 spiro atoms. The third-order valence-corrected chi connectivity index (χ3v) is 3.78. The van der Waals surface area contributed by atoms with Crippen molar-refractivity contribution in [2.75, 3.05) is 39.2 Å². The molecule has 1 saturated heterocycles. The van der Waals surface area contributed by atoms with Crippen molar-refractivity contribution in [3.05, 3.63) is 0 Å². The van der Waals surface area contributed by atoms with Gasteiger partial charge in [-0.15, -0.1) is 0 Å².